The van der Waals surface area contributed by atoms with Gasteiger partial charge in [-0.2, -0.15) is 8.42 Å². The Labute approximate surface area is 137 Å². The summed E-state index contributed by atoms with van der Waals surface area (Å²) in [5, 5.41) is 2.80. The van der Waals surface area contributed by atoms with E-state index in [2.05, 4.69) is 5.32 Å². The molecule has 0 aromatic heterocycles. The molecule has 0 bridgehead atoms. The Morgan fingerprint density at radius 2 is 1.73 bits per heavy atom. The van der Waals surface area contributed by atoms with Crippen LogP contribution in [0.3, 0.4) is 0 Å². The highest BCUT2D eigenvalue weighted by Gasteiger charge is 2.20. The van der Waals surface area contributed by atoms with Crippen molar-refractivity contribution in [2.24, 2.45) is 0 Å². The fourth-order valence-electron chi connectivity index (χ4n) is 1.64. The summed E-state index contributed by atoms with van der Waals surface area (Å²) in [5.41, 5.74) is 0.526. The van der Waals surface area contributed by atoms with Crippen LogP contribution in [0, 0.1) is 0 Å². The standard InChI is InChI=1S/C14H11Cl2NO4S/c1-9(18)17-11-3-5-12(6-4-11)21-22(19,20)14-8-10(15)2-7-13(14)16/h2-8H,1H3,(H,17,18). The van der Waals surface area contributed by atoms with Crippen LogP contribution in [0.25, 0.3) is 0 Å². The minimum atomic E-state index is -4.11. The topological polar surface area (TPSA) is 72.5 Å². The third-order valence-electron chi connectivity index (χ3n) is 2.54. The molecular weight excluding hydrogens is 349 g/mol. The fraction of sp³-hybridized carbons (Fsp3) is 0.0714. The molecule has 2 rings (SSSR count). The van der Waals surface area contributed by atoms with E-state index in [1.54, 1.807) is 0 Å². The number of rotatable bonds is 4. The number of amides is 1. The van der Waals surface area contributed by atoms with Crippen molar-refractivity contribution in [3.05, 3.63) is 52.5 Å². The molecule has 22 heavy (non-hydrogen) atoms. The van der Waals surface area contributed by atoms with Gasteiger partial charge in [0.1, 0.15) is 10.6 Å². The fourth-order valence-corrected chi connectivity index (χ4v) is 3.31. The molecule has 2 aromatic carbocycles. The second kappa shape index (κ2) is 6.56. The molecule has 1 N–H and O–H groups in total. The van der Waals surface area contributed by atoms with Crippen molar-refractivity contribution in [1.82, 2.24) is 0 Å². The van der Waals surface area contributed by atoms with Crippen molar-refractivity contribution in [1.29, 1.82) is 0 Å². The van der Waals surface area contributed by atoms with Crippen molar-refractivity contribution in [3.63, 3.8) is 0 Å². The molecule has 8 heteroatoms. The summed E-state index contributed by atoms with van der Waals surface area (Å²) in [6, 6.07) is 9.94. The monoisotopic (exact) mass is 359 g/mol. The molecule has 1 amide bonds. The van der Waals surface area contributed by atoms with E-state index in [-0.39, 0.29) is 26.6 Å². The van der Waals surface area contributed by atoms with Crippen LogP contribution >= 0.6 is 23.2 Å². The Morgan fingerprint density at radius 1 is 1.09 bits per heavy atom. The first-order chi connectivity index (χ1) is 10.3. The molecule has 0 aliphatic heterocycles. The first-order valence-corrected chi connectivity index (χ1v) is 8.21. The van der Waals surface area contributed by atoms with Gasteiger partial charge in [-0.1, -0.05) is 23.2 Å². The highest BCUT2D eigenvalue weighted by molar-refractivity contribution is 7.87. The molecule has 116 valence electrons. The summed E-state index contributed by atoms with van der Waals surface area (Å²) >= 11 is 11.6. The average molecular weight is 360 g/mol. The Hall–Kier alpha value is -1.76. The number of benzene rings is 2. The van der Waals surface area contributed by atoms with E-state index in [0.717, 1.165) is 0 Å². The largest absolute Gasteiger partial charge is 0.379 e. The maximum absolute atomic E-state index is 12.2. The molecule has 0 saturated heterocycles. The smallest absolute Gasteiger partial charge is 0.340 e. The number of hydrogen-bond donors (Lipinski definition) is 1. The van der Waals surface area contributed by atoms with Crippen LogP contribution in [-0.2, 0) is 14.9 Å². The molecule has 0 aliphatic rings. The van der Waals surface area contributed by atoms with Crippen molar-refractivity contribution in [3.8, 4) is 5.75 Å². The van der Waals surface area contributed by atoms with Crippen LogP contribution in [0.15, 0.2) is 47.4 Å². The van der Waals surface area contributed by atoms with Crippen molar-refractivity contribution in [2.75, 3.05) is 5.32 Å². The normalized spacial score (nSPS) is 11.0. The molecule has 0 spiro atoms. The van der Waals surface area contributed by atoms with Gasteiger partial charge in [-0.15, -0.1) is 0 Å². The van der Waals surface area contributed by atoms with Crippen molar-refractivity contribution >= 4 is 44.9 Å². The van der Waals surface area contributed by atoms with E-state index in [1.807, 2.05) is 0 Å². The summed E-state index contributed by atoms with van der Waals surface area (Å²) in [4.78, 5) is 10.7. The minimum Gasteiger partial charge on any atom is -0.379 e. The molecule has 0 unspecified atom stereocenters. The number of halogens is 2. The maximum Gasteiger partial charge on any atom is 0.340 e. The van der Waals surface area contributed by atoms with E-state index >= 15 is 0 Å². The number of hydrogen-bond acceptors (Lipinski definition) is 4. The molecule has 0 saturated carbocycles. The molecular formula is C14H11Cl2NO4S. The highest BCUT2D eigenvalue weighted by atomic mass is 35.5. The predicted octanol–water partition coefficient (Wildman–Crippen LogP) is 3.72. The van der Waals surface area contributed by atoms with Gasteiger partial charge in [0.25, 0.3) is 0 Å². The van der Waals surface area contributed by atoms with Crippen molar-refractivity contribution < 1.29 is 17.4 Å². The lowest BCUT2D eigenvalue weighted by Gasteiger charge is -2.09. The van der Waals surface area contributed by atoms with Crippen LogP contribution in [0.1, 0.15) is 6.92 Å². The number of carbonyl (C=O) groups is 1. The second-order valence-electron chi connectivity index (χ2n) is 4.32. The average Bonchev–Trinajstić information content (AvgIpc) is 2.43. The first-order valence-electron chi connectivity index (χ1n) is 6.05. The summed E-state index contributed by atoms with van der Waals surface area (Å²) in [6.07, 6.45) is 0. The van der Waals surface area contributed by atoms with E-state index in [9.17, 15) is 13.2 Å². The summed E-state index contributed by atoms with van der Waals surface area (Å²) in [7, 11) is -4.11. The molecule has 0 heterocycles. The first kappa shape index (κ1) is 16.6. The van der Waals surface area contributed by atoms with E-state index in [1.165, 1.54) is 49.4 Å². The lowest BCUT2D eigenvalue weighted by molar-refractivity contribution is -0.114. The quantitative estimate of drug-likeness (QED) is 0.844. The van der Waals surface area contributed by atoms with Gasteiger partial charge >= 0.3 is 10.1 Å². The van der Waals surface area contributed by atoms with Gasteiger partial charge in [-0.25, -0.2) is 0 Å². The maximum atomic E-state index is 12.2. The lowest BCUT2D eigenvalue weighted by atomic mass is 10.3. The Balaban J connectivity index is 2.25. The van der Waals surface area contributed by atoms with E-state index < -0.39 is 10.1 Å². The van der Waals surface area contributed by atoms with Gasteiger partial charge in [-0.3, -0.25) is 4.79 Å². The van der Waals surface area contributed by atoms with Crippen LogP contribution in [0.2, 0.25) is 10.0 Å². The predicted molar refractivity (Wildman–Crippen MR) is 85.0 cm³/mol. The number of anilines is 1. The second-order valence-corrected chi connectivity index (χ2v) is 6.68. The molecule has 0 aliphatic carbocycles. The summed E-state index contributed by atoms with van der Waals surface area (Å²) in [6.45, 7) is 1.37. The zero-order chi connectivity index (χ0) is 16.3. The molecule has 0 radical (unpaired) electrons. The number of nitrogens with one attached hydrogen (secondary N) is 1. The third kappa shape index (κ3) is 4.13. The van der Waals surface area contributed by atoms with Gasteiger partial charge in [0.2, 0.25) is 5.91 Å². The lowest BCUT2D eigenvalue weighted by Crippen LogP contribution is -2.10. The van der Waals surface area contributed by atoms with Crippen molar-refractivity contribution in [2.45, 2.75) is 11.8 Å². The van der Waals surface area contributed by atoms with Crippen LogP contribution in [0.5, 0.6) is 5.75 Å². The van der Waals surface area contributed by atoms with Gasteiger partial charge in [-0.05, 0) is 42.5 Å². The van der Waals surface area contributed by atoms with Gasteiger partial charge in [0.05, 0.1) is 5.02 Å². The molecule has 0 atom stereocenters. The van der Waals surface area contributed by atoms with Crippen LogP contribution in [0.4, 0.5) is 5.69 Å². The minimum absolute atomic E-state index is 0.0132. The van der Waals surface area contributed by atoms with Crippen LogP contribution in [-0.4, -0.2) is 14.3 Å². The summed E-state index contributed by atoms with van der Waals surface area (Å²) < 4.78 is 29.4. The Morgan fingerprint density at radius 3 is 2.32 bits per heavy atom. The molecule has 5 nitrogen and oxygen atoms in total. The third-order valence-corrected chi connectivity index (χ3v) is 4.51. The van der Waals surface area contributed by atoms with Gasteiger partial charge in [0, 0.05) is 17.6 Å². The van der Waals surface area contributed by atoms with E-state index in [4.69, 9.17) is 27.4 Å². The van der Waals surface area contributed by atoms with Gasteiger partial charge < -0.3 is 9.50 Å². The number of carbonyl (C=O) groups excluding carboxylic acids is 1. The SMILES string of the molecule is CC(=O)Nc1ccc(OS(=O)(=O)c2cc(Cl)ccc2Cl)cc1. The van der Waals surface area contributed by atoms with Crippen LogP contribution < -0.4 is 9.50 Å². The highest BCUT2D eigenvalue weighted by Crippen LogP contribution is 2.28. The molecule has 0 fully saturated rings. The zero-order valence-electron chi connectivity index (χ0n) is 11.3. The molecule has 2 aromatic rings. The summed E-state index contributed by atoms with van der Waals surface area (Å²) in [5.74, 6) is -0.142. The Kier molecular flexibility index (Phi) is 4.95. The zero-order valence-corrected chi connectivity index (χ0v) is 13.7. The Bertz CT molecular complexity index is 804. The van der Waals surface area contributed by atoms with Gasteiger partial charge in [0.15, 0.2) is 0 Å². The van der Waals surface area contributed by atoms with E-state index in [0.29, 0.717) is 5.69 Å².